The van der Waals surface area contributed by atoms with Gasteiger partial charge < -0.3 is 20.3 Å². The number of fused-ring (bicyclic) bond motifs is 1. The number of hydrogen-bond donors (Lipinski definition) is 3. The van der Waals surface area contributed by atoms with Crippen molar-refractivity contribution in [1.82, 2.24) is 5.32 Å². The summed E-state index contributed by atoms with van der Waals surface area (Å²) in [4.78, 5) is 0. The third-order valence-corrected chi connectivity index (χ3v) is 7.65. The molecule has 4 saturated carbocycles. The number of benzene rings is 1. The van der Waals surface area contributed by atoms with Crippen LogP contribution >= 0.6 is 0 Å². The van der Waals surface area contributed by atoms with Gasteiger partial charge in [0.25, 0.3) is 0 Å². The Morgan fingerprint density at radius 2 is 1.73 bits per heavy atom. The minimum atomic E-state index is -0.0471. The fraction of sp³-hybridized carbons (Fsp3) is 0.727. The van der Waals surface area contributed by atoms with Gasteiger partial charge in [0.15, 0.2) is 11.5 Å². The summed E-state index contributed by atoms with van der Waals surface area (Å²) >= 11 is 0. The average molecular weight is 357 g/mol. The van der Waals surface area contributed by atoms with Gasteiger partial charge >= 0.3 is 0 Å². The SMILES string of the molecule is CNCC1OC(CC23CC4CC(CC(C4)C2)C3)Cc2c1ccc(O)c2O. The van der Waals surface area contributed by atoms with Crippen molar-refractivity contribution in [3.05, 3.63) is 23.3 Å². The Bertz CT molecular complexity index is 666. The molecule has 5 aliphatic rings. The first-order valence-corrected chi connectivity index (χ1v) is 10.4. The number of phenolic OH excluding ortho intramolecular Hbond substituents is 2. The first-order valence-electron chi connectivity index (χ1n) is 10.4. The lowest BCUT2D eigenvalue weighted by atomic mass is 9.48. The number of ether oxygens (including phenoxy) is 1. The molecule has 142 valence electrons. The largest absolute Gasteiger partial charge is 0.504 e. The van der Waals surface area contributed by atoms with Gasteiger partial charge in [0.1, 0.15) is 0 Å². The summed E-state index contributed by atoms with van der Waals surface area (Å²) in [5, 5.41) is 23.6. The molecule has 3 N–H and O–H groups in total. The smallest absolute Gasteiger partial charge is 0.161 e. The summed E-state index contributed by atoms with van der Waals surface area (Å²) < 4.78 is 6.53. The number of aromatic hydroxyl groups is 2. The summed E-state index contributed by atoms with van der Waals surface area (Å²) in [5.41, 5.74) is 2.38. The Balaban J connectivity index is 1.41. The van der Waals surface area contributed by atoms with Crippen LogP contribution in [0.4, 0.5) is 0 Å². The average Bonchev–Trinajstić information content (AvgIpc) is 2.57. The van der Waals surface area contributed by atoms with Crippen molar-refractivity contribution < 1.29 is 14.9 Å². The number of rotatable bonds is 4. The van der Waals surface area contributed by atoms with Gasteiger partial charge in [0, 0.05) is 18.5 Å². The van der Waals surface area contributed by atoms with Gasteiger partial charge in [-0.1, -0.05) is 6.07 Å². The van der Waals surface area contributed by atoms with E-state index < -0.39 is 0 Å². The summed E-state index contributed by atoms with van der Waals surface area (Å²) in [7, 11) is 1.94. The molecule has 4 nitrogen and oxygen atoms in total. The van der Waals surface area contributed by atoms with E-state index in [2.05, 4.69) is 5.32 Å². The Morgan fingerprint density at radius 3 is 2.35 bits per heavy atom. The van der Waals surface area contributed by atoms with Crippen LogP contribution in [0, 0.1) is 23.2 Å². The zero-order valence-electron chi connectivity index (χ0n) is 15.7. The minimum Gasteiger partial charge on any atom is -0.504 e. The van der Waals surface area contributed by atoms with E-state index >= 15 is 0 Å². The van der Waals surface area contributed by atoms with E-state index in [1.807, 2.05) is 13.1 Å². The summed E-state index contributed by atoms with van der Waals surface area (Å²) in [5.74, 6) is 2.89. The molecule has 0 spiro atoms. The quantitative estimate of drug-likeness (QED) is 0.715. The van der Waals surface area contributed by atoms with Gasteiger partial charge in [0.05, 0.1) is 12.2 Å². The molecule has 4 heteroatoms. The predicted octanol–water partition coefficient (Wildman–Crippen LogP) is 3.91. The molecule has 1 aromatic rings. The van der Waals surface area contributed by atoms with Crippen molar-refractivity contribution in [1.29, 1.82) is 0 Å². The van der Waals surface area contributed by atoms with Crippen molar-refractivity contribution >= 4 is 0 Å². The molecule has 4 fully saturated rings. The molecule has 4 bridgehead atoms. The zero-order chi connectivity index (χ0) is 17.9. The van der Waals surface area contributed by atoms with Crippen molar-refractivity contribution in [2.75, 3.05) is 13.6 Å². The van der Waals surface area contributed by atoms with Crippen LogP contribution < -0.4 is 5.32 Å². The summed E-state index contributed by atoms with van der Waals surface area (Å²) in [6.45, 7) is 0.731. The Morgan fingerprint density at radius 1 is 1.08 bits per heavy atom. The third kappa shape index (κ3) is 2.73. The lowest BCUT2D eigenvalue weighted by molar-refractivity contribution is -0.105. The second kappa shape index (κ2) is 6.13. The maximum atomic E-state index is 10.5. The highest BCUT2D eigenvalue weighted by Crippen LogP contribution is 2.62. The maximum absolute atomic E-state index is 10.5. The normalized spacial score (nSPS) is 40.6. The highest BCUT2D eigenvalue weighted by molar-refractivity contribution is 5.51. The van der Waals surface area contributed by atoms with E-state index in [0.717, 1.165) is 48.3 Å². The molecule has 2 unspecified atom stereocenters. The van der Waals surface area contributed by atoms with E-state index in [9.17, 15) is 10.2 Å². The fourth-order valence-electron chi connectivity index (χ4n) is 7.22. The molecule has 2 atom stereocenters. The minimum absolute atomic E-state index is 0.0117. The molecular formula is C22H31NO3. The van der Waals surface area contributed by atoms with Crippen LogP contribution in [0.5, 0.6) is 11.5 Å². The molecule has 26 heavy (non-hydrogen) atoms. The fourth-order valence-corrected chi connectivity index (χ4v) is 7.22. The van der Waals surface area contributed by atoms with Gasteiger partial charge in [-0.15, -0.1) is 0 Å². The van der Waals surface area contributed by atoms with Crippen LogP contribution in [0.3, 0.4) is 0 Å². The van der Waals surface area contributed by atoms with Crippen molar-refractivity contribution in [2.45, 2.75) is 63.6 Å². The number of hydrogen-bond acceptors (Lipinski definition) is 4. The van der Waals surface area contributed by atoms with E-state index in [4.69, 9.17) is 4.74 Å². The highest BCUT2D eigenvalue weighted by atomic mass is 16.5. The lowest BCUT2D eigenvalue weighted by Gasteiger charge is -2.58. The second-order valence-electron chi connectivity index (χ2n) is 9.63. The summed E-state index contributed by atoms with van der Waals surface area (Å²) in [6.07, 6.45) is 10.5. The van der Waals surface area contributed by atoms with Crippen molar-refractivity contribution in [3.8, 4) is 11.5 Å². The lowest BCUT2D eigenvalue weighted by Crippen LogP contribution is -2.48. The molecule has 0 amide bonds. The van der Waals surface area contributed by atoms with Gasteiger partial charge in [-0.2, -0.15) is 0 Å². The van der Waals surface area contributed by atoms with Crippen LogP contribution in [0.2, 0.25) is 0 Å². The molecular weight excluding hydrogens is 326 g/mol. The second-order valence-corrected chi connectivity index (χ2v) is 9.63. The van der Waals surface area contributed by atoms with E-state index in [-0.39, 0.29) is 23.7 Å². The topological polar surface area (TPSA) is 61.7 Å². The Hall–Kier alpha value is -1.26. The van der Waals surface area contributed by atoms with Crippen molar-refractivity contribution in [3.63, 3.8) is 0 Å². The van der Waals surface area contributed by atoms with E-state index in [1.165, 1.54) is 38.5 Å². The molecule has 0 saturated heterocycles. The highest BCUT2D eigenvalue weighted by Gasteiger charge is 2.52. The van der Waals surface area contributed by atoms with Crippen LogP contribution in [0.1, 0.15) is 62.2 Å². The van der Waals surface area contributed by atoms with Gasteiger partial charge in [-0.25, -0.2) is 0 Å². The van der Waals surface area contributed by atoms with Crippen LogP contribution in [0.15, 0.2) is 12.1 Å². The molecule has 0 radical (unpaired) electrons. The van der Waals surface area contributed by atoms with Gasteiger partial charge in [-0.3, -0.25) is 0 Å². The van der Waals surface area contributed by atoms with Crippen LogP contribution in [-0.2, 0) is 11.2 Å². The molecule has 4 aliphatic carbocycles. The zero-order valence-corrected chi connectivity index (χ0v) is 15.7. The van der Waals surface area contributed by atoms with Gasteiger partial charge in [0.2, 0.25) is 0 Å². The number of phenols is 2. The van der Waals surface area contributed by atoms with E-state index in [1.54, 1.807) is 6.07 Å². The maximum Gasteiger partial charge on any atom is 0.161 e. The molecule has 1 aliphatic heterocycles. The van der Waals surface area contributed by atoms with Gasteiger partial charge in [-0.05, 0) is 86.8 Å². The third-order valence-electron chi connectivity index (χ3n) is 7.65. The Kier molecular flexibility index (Phi) is 3.98. The van der Waals surface area contributed by atoms with E-state index in [0.29, 0.717) is 5.41 Å². The first-order chi connectivity index (χ1) is 12.5. The predicted molar refractivity (Wildman–Crippen MR) is 100 cm³/mol. The first kappa shape index (κ1) is 16.9. The number of nitrogens with one attached hydrogen (secondary N) is 1. The molecule has 6 rings (SSSR count). The standard InChI is InChI=1S/C22H31NO3/c1-23-12-20-17-2-3-19(24)21(25)18(17)7-16(26-20)11-22-8-13-4-14(9-22)6-15(5-13)10-22/h2-3,13-16,20,23-25H,4-12H2,1H3. The van der Waals surface area contributed by atoms with Crippen molar-refractivity contribution in [2.24, 2.45) is 23.2 Å². The molecule has 0 aromatic heterocycles. The molecule has 1 aromatic carbocycles. The Labute approximate surface area is 155 Å². The number of likely N-dealkylation sites (N-methyl/N-ethyl adjacent to an activating group) is 1. The monoisotopic (exact) mass is 357 g/mol. The molecule has 1 heterocycles. The summed E-state index contributed by atoms with van der Waals surface area (Å²) in [6, 6.07) is 3.49. The van der Waals surface area contributed by atoms with Crippen LogP contribution in [0.25, 0.3) is 0 Å². The van der Waals surface area contributed by atoms with Crippen LogP contribution in [-0.4, -0.2) is 29.9 Å².